The molecule has 0 atom stereocenters. The molecule has 0 aromatic carbocycles. The van der Waals surface area contributed by atoms with Crippen molar-refractivity contribution in [1.29, 1.82) is 0 Å². The Morgan fingerprint density at radius 1 is 0.786 bits per heavy atom. The van der Waals surface area contributed by atoms with Gasteiger partial charge in [0.25, 0.3) is 0 Å². The predicted molar refractivity (Wildman–Crippen MR) is 19.9 cm³/mol. The third kappa shape index (κ3) is 230. The van der Waals surface area contributed by atoms with Gasteiger partial charge in [0.1, 0.15) is 0 Å². The molecule has 0 saturated carbocycles. The molecule has 0 aliphatic rings. The van der Waals surface area contributed by atoms with Gasteiger partial charge < -0.3 is 28.2 Å². The topological polar surface area (TPSA) is 167 Å². The molecule has 0 aromatic heterocycles. The summed E-state index contributed by atoms with van der Waals surface area (Å²) in [5.41, 5.74) is 0. The average molecular weight is 282 g/mol. The standard InChI is InChI=1S/4Na.H2O4S.O4Si/c;;;;2*1-5(2,3)4/h;;;;(H2,1,2,3,4);/q4*+1;;-4. The zero-order chi connectivity index (χ0) is 9.00. The van der Waals surface area contributed by atoms with Crippen molar-refractivity contribution in [3.63, 3.8) is 0 Å². The van der Waals surface area contributed by atoms with Crippen molar-refractivity contribution < 1.29 is 155 Å². The van der Waals surface area contributed by atoms with E-state index in [1.807, 2.05) is 0 Å². The van der Waals surface area contributed by atoms with Gasteiger partial charge >= 0.3 is 129 Å². The zero-order valence-electron chi connectivity index (χ0n) is 8.25. The van der Waals surface area contributed by atoms with Gasteiger partial charge in [-0.1, -0.05) is 0 Å². The minimum atomic E-state index is -5.61. The maximum absolute atomic E-state index is 8.74. The van der Waals surface area contributed by atoms with E-state index in [0.717, 1.165) is 0 Å². The molecule has 0 radical (unpaired) electrons. The molecular weight excluding hydrogens is 280 g/mol. The molecule has 14 heteroatoms. The second-order valence-electron chi connectivity index (χ2n) is 0.948. The van der Waals surface area contributed by atoms with Crippen molar-refractivity contribution >= 4 is 19.4 Å². The monoisotopic (exact) mass is 282 g/mol. The fourth-order valence-electron chi connectivity index (χ4n) is 0. The van der Waals surface area contributed by atoms with E-state index in [-0.39, 0.29) is 118 Å². The van der Waals surface area contributed by atoms with Gasteiger partial charge in [-0.15, -0.1) is 0 Å². The van der Waals surface area contributed by atoms with Crippen LogP contribution in [-0.4, -0.2) is 26.6 Å². The molecule has 0 aliphatic heterocycles. The van der Waals surface area contributed by atoms with Crippen LogP contribution >= 0.6 is 0 Å². The van der Waals surface area contributed by atoms with Crippen molar-refractivity contribution in [1.82, 2.24) is 0 Å². The molecule has 0 aliphatic carbocycles. The van der Waals surface area contributed by atoms with Gasteiger partial charge in [-0.3, -0.25) is 9.11 Å². The van der Waals surface area contributed by atoms with Crippen LogP contribution in [0.5, 0.6) is 0 Å². The maximum Gasteiger partial charge on any atom is 1.00 e. The molecule has 8 nitrogen and oxygen atoms in total. The normalized spacial score (nSPS) is 8.43. The number of rotatable bonds is 0. The smallest absolute Gasteiger partial charge is 0.894 e. The minimum Gasteiger partial charge on any atom is -0.894 e. The van der Waals surface area contributed by atoms with Crippen LogP contribution in [0.15, 0.2) is 0 Å². The van der Waals surface area contributed by atoms with Gasteiger partial charge in [0, 0.05) is 0 Å². The molecule has 0 rings (SSSR count). The summed E-state index contributed by atoms with van der Waals surface area (Å²) in [5, 5.41) is 0. The van der Waals surface area contributed by atoms with Crippen LogP contribution in [-0.2, 0) is 10.4 Å². The Balaban J connectivity index is -0.0000000178. The van der Waals surface area contributed by atoms with Crippen LogP contribution < -0.4 is 137 Å². The molecular formula is H2Na4O8SSi. The van der Waals surface area contributed by atoms with E-state index in [1.54, 1.807) is 0 Å². The van der Waals surface area contributed by atoms with Crippen LogP contribution in [0.4, 0.5) is 0 Å². The van der Waals surface area contributed by atoms with E-state index in [2.05, 4.69) is 0 Å². The van der Waals surface area contributed by atoms with Crippen molar-refractivity contribution in [2.75, 3.05) is 0 Å². The number of hydrogen-bond acceptors (Lipinski definition) is 6. The molecule has 0 amide bonds. The van der Waals surface area contributed by atoms with Gasteiger partial charge in [-0.05, 0) is 0 Å². The summed E-state index contributed by atoms with van der Waals surface area (Å²) in [7, 11) is -10.3. The first kappa shape index (κ1) is 36.1. The summed E-state index contributed by atoms with van der Waals surface area (Å²) in [5.74, 6) is 0. The van der Waals surface area contributed by atoms with Crippen molar-refractivity contribution in [3.8, 4) is 0 Å². The quantitative estimate of drug-likeness (QED) is 0.326. The van der Waals surface area contributed by atoms with Crippen LogP contribution in [0.1, 0.15) is 0 Å². The zero-order valence-corrected chi connectivity index (χ0v) is 18.1. The fraction of sp³-hybridized carbons (Fsp3) is 0. The van der Waals surface area contributed by atoms with Gasteiger partial charge in [-0.25, -0.2) is 0 Å². The van der Waals surface area contributed by atoms with Gasteiger partial charge in [0.05, 0.1) is 0 Å². The van der Waals surface area contributed by atoms with Crippen LogP contribution in [0.2, 0.25) is 0 Å². The Hall–Kier alpha value is 3.93. The summed E-state index contributed by atoms with van der Waals surface area (Å²) in [4.78, 5) is 34.3. The summed E-state index contributed by atoms with van der Waals surface area (Å²) in [6, 6.07) is 0. The second kappa shape index (κ2) is 16.9. The maximum atomic E-state index is 8.74. The Morgan fingerprint density at radius 2 is 0.786 bits per heavy atom. The Kier molecular flexibility index (Phi) is 43.7. The van der Waals surface area contributed by atoms with Crippen molar-refractivity contribution in [2.45, 2.75) is 0 Å². The van der Waals surface area contributed by atoms with Crippen LogP contribution in [0.3, 0.4) is 0 Å². The Bertz CT molecular complexity index is 156. The van der Waals surface area contributed by atoms with Gasteiger partial charge in [-0.2, -0.15) is 8.42 Å². The van der Waals surface area contributed by atoms with Crippen LogP contribution in [0, 0.1) is 0 Å². The molecule has 0 aromatic rings. The molecule has 0 fully saturated rings. The van der Waals surface area contributed by atoms with E-state index < -0.39 is 19.4 Å². The first-order valence-electron chi connectivity index (χ1n) is 1.51. The summed E-state index contributed by atoms with van der Waals surface area (Å²) in [6.45, 7) is 0. The average Bonchev–Trinajstić information content (AvgIpc) is 1.12. The Morgan fingerprint density at radius 3 is 0.786 bits per heavy atom. The SMILES string of the molecule is O=S(=O)(O)O.[Na+].[Na+].[Na+].[Na+].[O-][Si]([O-])([O-])[O-]. The minimum absolute atomic E-state index is 0. The van der Waals surface area contributed by atoms with E-state index in [4.69, 9.17) is 36.7 Å². The first-order valence-corrected chi connectivity index (χ1v) is 4.54. The largest absolute Gasteiger partial charge is 1.00 e. The van der Waals surface area contributed by atoms with E-state index in [1.165, 1.54) is 0 Å². The molecule has 0 spiro atoms. The molecule has 0 saturated heterocycles. The molecule has 0 heterocycles. The molecule has 0 unspecified atom stereocenters. The third-order valence-electron chi connectivity index (χ3n) is 0. The van der Waals surface area contributed by atoms with E-state index >= 15 is 0 Å². The van der Waals surface area contributed by atoms with Gasteiger partial charge in [0.2, 0.25) is 0 Å². The van der Waals surface area contributed by atoms with Crippen LogP contribution in [0.25, 0.3) is 0 Å². The number of hydrogen-bond donors (Lipinski definition) is 2. The summed E-state index contributed by atoms with van der Waals surface area (Å²) in [6.07, 6.45) is 0. The fourth-order valence-corrected chi connectivity index (χ4v) is 0. The van der Waals surface area contributed by atoms with Gasteiger partial charge in [0.15, 0.2) is 0 Å². The van der Waals surface area contributed by atoms with E-state index in [0.29, 0.717) is 0 Å². The predicted octanol–water partition coefficient (Wildman–Crippen LogP) is -17.8. The Labute approximate surface area is 171 Å². The van der Waals surface area contributed by atoms with Crippen molar-refractivity contribution in [2.24, 2.45) is 0 Å². The summed E-state index contributed by atoms with van der Waals surface area (Å²) < 4.78 is 31.6. The first-order chi connectivity index (χ1) is 4.00. The van der Waals surface area contributed by atoms with E-state index in [9.17, 15) is 0 Å². The van der Waals surface area contributed by atoms with Crippen molar-refractivity contribution in [3.05, 3.63) is 0 Å². The second-order valence-corrected chi connectivity index (χ2v) is 2.84. The molecule has 0 bridgehead atoms. The third-order valence-corrected chi connectivity index (χ3v) is 0. The molecule has 64 valence electrons. The summed E-state index contributed by atoms with van der Waals surface area (Å²) >= 11 is 0. The molecule has 14 heavy (non-hydrogen) atoms. The molecule has 2 N–H and O–H groups in total.